The van der Waals surface area contributed by atoms with Gasteiger partial charge in [0.1, 0.15) is 5.82 Å². The number of amides is 1. The van der Waals surface area contributed by atoms with Gasteiger partial charge in [-0.15, -0.1) is 10.2 Å². The van der Waals surface area contributed by atoms with Gasteiger partial charge in [-0.05, 0) is 55.0 Å². The molecule has 0 unspecified atom stereocenters. The van der Waals surface area contributed by atoms with Crippen molar-refractivity contribution in [3.8, 4) is 17.1 Å². The normalized spacial score (nSPS) is 11.6. The predicted molar refractivity (Wildman–Crippen MR) is 143 cm³/mol. The van der Waals surface area contributed by atoms with Crippen LogP contribution in [-0.2, 0) is 14.8 Å². The summed E-state index contributed by atoms with van der Waals surface area (Å²) in [5, 5.41) is 11.8. The number of carbonyl (C=O) groups excluding carboxylic acids is 1. The summed E-state index contributed by atoms with van der Waals surface area (Å²) >= 11 is 7.16. The maximum Gasteiger partial charge on any atom is 0.242 e. The van der Waals surface area contributed by atoms with E-state index in [9.17, 15) is 17.6 Å². The van der Waals surface area contributed by atoms with Crippen LogP contribution in [0.4, 0.5) is 10.1 Å². The Morgan fingerprint density at radius 1 is 1.08 bits per heavy atom. The Bertz CT molecular complexity index is 1570. The molecule has 4 aromatic rings. The fraction of sp³-hybridized carbons (Fsp3) is 0.160. The number of nitrogens with one attached hydrogen (secondary N) is 1. The number of nitrogens with zero attached hydrogens (tertiary/aromatic N) is 4. The lowest BCUT2D eigenvalue weighted by atomic mass is 10.2. The Labute approximate surface area is 223 Å². The minimum atomic E-state index is -3.66. The molecule has 1 heterocycles. The molecule has 0 radical (unpaired) electrons. The highest BCUT2D eigenvalue weighted by Crippen LogP contribution is 2.30. The van der Waals surface area contributed by atoms with Gasteiger partial charge in [0, 0.05) is 25.3 Å². The molecular weight excluding hydrogens is 537 g/mol. The molecule has 0 aliphatic rings. The molecule has 0 bridgehead atoms. The molecule has 3 aromatic carbocycles. The van der Waals surface area contributed by atoms with Crippen molar-refractivity contribution in [3.05, 3.63) is 83.1 Å². The molecule has 192 valence electrons. The number of thioether (sulfide) groups is 1. The molecular formula is C25H23ClFN5O3S2. The summed E-state index contributed by atoms with van der Waals surface area (Å²) < 4.78 is 41.6. The highest BCUT2D eigenvalue weighted by Gasteiger charge is 2.21. The van der Waals surface area contributed by atoms with Crippen LogP contribution in [0.5, 0.6) is 0 Å². The van der Waals surface area contributed by atoms with Gasteiger partial charge in [-0.25, -0.2) is 17.1 Å². The molecule has 1 N–H and O–H groups in total. The SMILES string of the molecule is Cc1cccc(-n2c(SCC(=O)Nc3ccc(F)cc3Cl)nnc2-c2cccc(S(=O)(=O)N(C)C)c2)c1. The van der Waals surface area contributed by atoms with Crippen molar-refractivity contribution >= 4 is 45.0 Å². The van der Waals surface area contributed by atoms with Gasteiger partial charge in [-0.2, -0.15) is 0 Å². The Morgan fingerprint density at radius 2 is 1.84 bits per heavy atom. The summed E-state index contributed by atoms with van der Waals surface area (Å²) in [6.07, 6.45) is 0. The fourth-order valence-corrected chi connectivity index (χ4v) is 5.38. The second-order valence-electron chi connectivity index (χ2n) is 8.26. The Balaban J connectivity index is 1.68. The number of carbonyl (C=O) groups is 1. The van der Waals surface area contributed by atoms with E-state index in [4.69, 9.17) is 11.6 Å². The molecule has 1 amide bonds. The maximum absolute atomic E-state index is 13.3. The zero-order valence-electron chi connectivity index (χ0n) is 20.1. The van der Waals surface area contributed by atoms with Crippen molar-refractivity contribution in [3.63, 3.8) is 0 Å². The van der Waals surface area contributed by atoms with Gasteiger partial charge in [0.25, 0.3) is 0 Å². The second-order valence-corrected chi connectivity index (χ2v) is 11.8. The lowest BCUT2D eigenvalue weighted by Gasteiger charge is -2.14. The summed E-state index contributed by atoms with van der Waals surface area (Å²) in [4.78, 5) is 12.7. The second kappa shape index (κ2) is 11.0. The first-order valence-corrected chi connectivity index (χ1v) is 13.8. The number of anilines is 1. The molecule has 0 spiro atoms. The number of hydrogen-bond donors (Lipinski definition) is 1. The van der Waals surface area contributed by atoms with Gasteiger partial charge in [0.15, 0.2) is 11.0 Å². The van der Waals surface area contributed by atoms with Gasteiger partial charge in [0.2, 0.25) is 15.9 Å². The van der Waals surface area contributed by atoms with Crippen LogP contribution in [0.3, 0.4) is 0 Å². The van der Waals surface area contributed by atoms with E-state index >= 15 is 0 Å². The maximum atomic E-state index is 13.3. The predicted octanol–water partition coefficient (Wildman–Crippen LogP) is 5.02. The van der Waals surface area contributed by atoms with Crippen LogP contribution in [0, 0.1) is 12.7 Å². The molecule has 12 heteroatoms. The van der Waals surface area contributed by atoms with Crippen LogP contribution < -0.4 is 5.32 Å². The van der Waals surface area contributed by atoms with Crippen LogP contribution in [-0.4, -0.2) is 53.2 Å². The first-order valence-electron chi connectivity index (χ1n) is 11.0. The van der Waals surface area contributed by atoms with Crippen molar-refractivity contribution in [1.82, 2.24) is 19.1 Å². The molecule has 4 rings (SSSR count). The molecule has 0 saturated carbocycles. The topological polar surface area (TPSA) is 97.2 Å². The van der Waals surface area contributed by atoms with Gasteiger partial charge in [-0.3, -0.25) is 9.36 Å². The number of hydrogen-bond acceptors (Lipinski definition) is 6. The minimum absolute atomic E-state index is 0.0211. The summed E-state index contributed by atoms with van der Waals surface area (Å²) in [7, 11) is -0.722. The zero-order chi connectivity index (χ0) is 26.7. The molecule has 0 saturated heterocycles. The minimum Gasteiger partial charge on any atom is -0.324 e. The fourth-order valence-electron chi connectivity index (χ4n) is 3.46. The number of halogens is 2. The summed E-state index contributed by atoms with van der Waals surface area (Å²) in [6, 6.07) is 17.8. The molecule has 0 fully saturated rings. The molecule has 0 atom stereocenters. The third-order valence-electron chi connectivity index (χ3n) is 5.30. The Hall–Kier alpha value is -3.25. The average Bonchev–Trinajstić information content (AvgIpc) is 3.28. The average molecular weight is 560 g/mol. The highest BCUT2D eigenvalue weighted by atomic mass is 35.5. The lowest BCUT2D eigenvalue weighted by Crippen LogP contribution is -2.22. The standard InChI is InChI=1S/C25H23ClFN5O3S2/c1-16-6-4-8-19(12-16)32-24(17-7-5-9-20(13-17)37(34,35)31(2)3)29-30-25(32)36-15-23(33)28-22-11-10-18(27)14-21(22)26/h4-14H,15H2,1-3H3,(H,28,33). The van der Waals surface area contributed by atoms with Crippen molar-refractivity contribution in [2.75, 3.05) is 25.2 Å². The number of aryl methyl sites for hydroxylation is 1. The van der Waals surface area contributed by atoms with Crippen LogP contribution in [0.1, 0.15) is 5.56 Å². The molecule has 37 heavy (non-hydrogen) atoms. The van der Waals surface area contributed by atoms with Crippen molar-refractivity contribution in [2.45, 2.75) is 17.0 Å². The molecule has 0 aliphatic carbocycles. The number of aromatic nitrogens is 3. The molecule has 1 aromatic heterocycles. The van der Waals surface area contributed by atoms with Gasteiger partial charge in [-0.1, -0.05) is 47.6 Å². The summed E-state index contributed by atoms with van der Waals surface area (Å²) in [5.41, 5.74) is 2.60. The Morgan fingerprint density at radius 3 is 2.54 bits per heavy atom. The zero-order valence-corrected chi connectivity index (χ0v) is 22.5. The smallest absolute Gasteiger partial charge is 0.242 e. The van der Waals surface area contributed by atoms with E-state index < -0.39 is 15.8 Å². The third-order valence-corrected chi connectivity index (χ3v) is 8.35. The quantitative estimate of drug-likeness (QED) is 0.305. The monoisotopic (exact) mass is 559 g/mol. The first-order chi connectivity index (χ1) is 17.6. The number of sulfonamides is 1. The van der Waals surface area contributed by atoms with Crippen LogP contribution in [0.2, 0.25) is 5.02 Å². The Kier molecular flexibility index (Phi) is 7.98. The first kappa shape index (κ1) is 26.8. The van der Waals surface area contributed by atoms with E-state index in [2.05, 4.69) is 15.5 Å². The van der Waals surface area contributed by atoms with Crippen molar-refractivity contribution < 1.29 is 17.6 Å². The van der Waals surface area contributed by atoms with E-state index in [0.29, 0.717) is 22.2 Å². The van der Waals surface area contributed by atoms with E-state index in [1.807, 2.05) is 31.2 Å². The van der Waals surface area contributed by atoms with E-state index in [-0.39, 0.29) is 21.6 Å². The van der Waals surface area contributed by atoms with Crippen LogP contribution >= 0.6 is 23.4 Å². The lowest BCUT2D eigenvalue weighted by molar-refractivity contribution is -0.113. The van der Waals surface area contributed by atoms with Gasteiger partial charge in [0.05, 0.1) is 21.4 Å². The molecule has 0 aliphatic heterocycles. The number of rotatable bonds is 8. The van der Waals surface area contributed by atoms with Crippen LogP contribution in [0.15, 0.2) is 76.8 Å². The largest absolute Gasteiger partial charge is 0.324 e. The van der Waals surface area contributed by atoms with Crippen molar-refractivity contribution in [1.29, 1.82) is 0 Å². The van der Waals surface area contributed by atoms with E-state index in [1.165, 1.54) is 32.3 Å². The van der Waals surface area contributed by atoms with E-state index in [1.54, 1.807) is 22.8 Å². The summed E-state index contributed by atoms with van der Waals surface area (Å²) in [5.74, 6) is -0.463. The highest BCUT2D eigenvalue weighted by molar-refractivity contribution is 7.99. The van der Waals surface area contributed by atoms with Crippen molar-refractivity contribution in [2.24, 2.45) is 0 Å². The summed E-state index contributed by atoms with van der Waals surface area (Å²) in [6.45, 7) is 1.95. The number of benzene rings is 3. The van der Waals surface area contributed by atoms with E-state index in [0.717, 1.165) is 33.4 Å². The van der Waals surface area contributed by atoms with Gasteiger partial charge >= 0.3 is 0 Å². The molecule has 8 nitrogen and oxygen atoms in total. The third kappa shape index (κ3) is 6.02. The van der Waals surface area contributed by atoms with Crippen LogP contribution in [0.25, 0.3) is 17.1 Å². The van der Waals surface area contributed by atoms with Gasteiger partial charge < -0.3 is 5.32 Å².